The third-order valence-electron chi connectivity index (χ3n) is 3.15. The first-order valence-electron chi connectivity index (χ1n) is 6.44. The minimum atomic E-state index is -0.598. The molecule has 0 fully saturated rings. The second-order valence-electron chi connectivity index (χ2n) is 5.66. The molecule has 0 atom stereocenters. The quantitative estimate of drug-likeness (QED) is 0.818. The number of rotatable bonds is 4. The molecule has 3 heteroatoms. The van der Waals surface area contributed by atoms with Crippen molar-refractivity contribution in [2.24, 2.45) is 0 Å². The topological polar surface area (TPSA) is 49.3 Å². The molecule has 0 saturated heterocycles. The van der Waals surface area contributed by atoms with E-state index in [9.17, 15) is 4.79 Å². The van der Waals surface area contributed by atoms with Gasteiger partial charge in [-0.1, -0.05) is 12.1 Å². The van der Waals surface area contributed by atoms with Crippen molar-refractivity contribution in [3.8, 4) is 0 Å². The molecular formula is C16H23NO2. The van der Waals surface area contributed by atoms with Gasteiger partial charge in [0.1, 0.15) is 0 Å². The molecule has 0 spiro atoms. The van der Waals surface area contributed by atoms with Crippen LogP contribution in [0.15, 0.2) is 18.2 Å². The largest absolute Gasteiger partial charge is 0.394 e. The van der Waals surface area contributed by atoms with Crippen LogP contribution in [0, 0.1) is 20.8 Å². The van der Waals surface area contributed by atoms with E-state index in [1.165, 1.54) is 17.2 Å². The Morgan fingerprint density at radius 1 is 1.21 bits per heavy atom. The average molecular weight is 261 g/mol. The van der Waals surface area contributed by atoms with Gasteiger partial charge in [-0.2, -0.15) is 0 Å². The molecule has 19 heavy (non-hydrogen) atoms. The Hall–Kier alpha value is -1.61. The molecule has 0 radical (unpaired) electrons. The summed E-state index contributed by atoms with van der Waals surface area (Å²) in [7, 11) is 0. The predicted molar refractivity (Wildman–Crippen MR) is 79.0 cm³/mol. The van der Waals surface area contributed by atoms with E-state index in [1.54, 1.807) is 13.8 Å². The Labute approximate surface area is 115 Å². The van der Waals surface area contributed by atoms with Crippen LogP contribution in [-0.2, 0) is 4.79 Å². The number of hydrogen-bond acceptors (Lipinski definition) is 2. The summed E-state index contributed by atoms with van der Waals surface area (Å²) < 4.78 is 0. The third-order valence-corrected chi connectivity index (χ3v) is 3.15. The third kappa shape index (κ3) is 4.52. The molecule has 0 aromatic heterocycles. The van der Waals surface area contributed by atoms with Crippen molar-refractivity contribution in [2.75, 3.05) is 6.61 Å². The molecule has 1 rings (SSSR count). The van der Waals surface area contributed by atoms with E-state index in [4.69, 9.17) is 5.11 Å². The lowest BCUT2D eigenvalue weighted by molar-refractivity contribution is -0.118. The molecule has 1 aromatic carbocycles. The van der Waals surface area contributed by atoms with Crippen molar-refractivity contribution in [3.05, 3.63) is 40.5 Å². The van der Waals surface area contributed by atoms with Gasteiger partial charge in [-0.25, -0.2) is 0 Å². The summed E-state index contributed by atoms with van der Waals surface area (Å²) in [5.74, 6) is -0.198. The van der Waals surface area contributed by atoms with Crippen LogP contribution >= 0.6 is 0 Å². The van der Waals surface area contributed by atoms with Crippen molar-refractivity contribution in [3.63, 3.8) is 0 Å². The van der Waals surface area contributed by atoms with Gasteiger partial charge in [0, 0.05) is 6.08 Å². The van der Waals surface area contributed by atoms with Gasteiger partial charge >= 0.3 is 0 Å². The fraction of sp³-hybridized carbons (Fsp3) is 0.438. The first-order valence-corrected chi connectivity index (χ1v) is 6.44. The van der Waals surface area contributed by atoms with Gasteiger partial charge in [-0.15, -0.1) is 0 Å². The molecule has 104 valence electrons. The second-order valence-corrected chi connectivity index (χ2v) is 5.66. The summed E-state index contributed by atoms with van der Waals surface area (Å²) in [6.45, 7) is 9.63. The number of hydrogen-bond donors (Lipinski definition) is 2. The smallest absolute Gasteiger partial charge is 0.244 e. The number of aryl methyl sites for hydroxylation is 3. The van der Waals surface area contributed by atoms with Crippen LogP contribution in [0.1, 0.15) is 36.1 Å². The molecule has 0 bridgehead atoms. The number of nitrogens with one attached hydrogen (secondary N) is 1. The van der Waals surface area contributed by atoms with Gasteiger partial charge in [-0.3, -0.25) is 4.79 Å². The molecule has 0 aliphatic rings. The minimum absolute atomic E-state index is 0.0880. The first kappa shape index (κ1) is 15.4. The number of carbonyl (C=O) groups is 1. The van der Waals surface area contributed by atoms with Crippen LogP contribution in [-0.4, -0.2) is 23.2 Å². The Morgan fingerprint density at radius 3 is 2.37 bits per heavy atom. The molecule has 0 heterocycles. The van der Waals surface area contributed by atoms with E-state index in [0.29, 0.717) is 0 Å². The zero-order valence-corrected chi connectivity index (χ0v) is 12.4. The highest BCUT2D eigenvalue weighted by atomic mass is 16.3. The van der Waals surface area contributed by atoms with Gasteiger partial charge in [-0.05, 0) is 62.9 Å². The lowest BCUT2D eigenvalue weighted by Crippen LogP contribution is -2.45. The Kier molecular flexibility index (Phi) is 4.90. The van der Waals surface area contributed by atoms with Crippen LogP contribution < -0.4 is 5.32 Å². The minimum Gasteiger partial charge on any atom is -0.394 e. The molecule has 0 saturated carbocycles. The van der Waals surface area contributed by atoms with Gasteiger partial charge < -0.3 is 10.4 Å². The highest BCUT2D eigenvalue weighted by molar-refractivity contribution is 5.92. The van der Waals surface area contributed by atoms with E-state index in [2.05, 4.69) is 31.3 Å². The van der Waals surface area contributed by atoms with Gasteiger partial charge in [0.15, 0.2) is 0 Å². The number of benzene rings is 1. The van der Waals surface area contributed by atoms with Crippen LogP contribution in [0.5, 0.6) is 0 Å². The van der Waals surface area contributed by atoms with E-state index >= 15 is 0 Å². The maximum Gasteiger partial charge on any atom is 0.244 e. The molecule has 1 amide bonds. The highest BCUT2D eigenvalue weighted by Gasteiger charge is 2.17. The van der Waals surface area contributed by atoms with Crippen molar-refractivity contribution in [1.82, 2.24) is 5.32 Å². The lowest BCUT2D eigenvalue weighted by atomic mass is 10.0. The van der Waals surface area contributed by atoms with Crippen molar-refractivity contribution in [2.45, 2.75) is 40.2 Å². The maximum absolute atomic E-state index is 11.7. The Morgan fingerprint density at radius 2 is 1.79 bits per heavy atom. The average Bonchev–Trinajstić information content (AvgIpc) is 2.31. The predicted octanol–water partition coefficient (Wildman–Crippen LogP) is 2.51. The summed E-state index contributed by atoms with van der Waals surface area (Å²) in [5.41, 5.74) is 4.05. The Balaban J connectivity index is 2.82. The van der Waals surface area contributed by atoms with E-state index < -0.39 is 5.54 Å². The molecule has 0 aliphatic heterocycles. The normalized spacial score (nSPS) is 11.9. The summed E-state index contributed by atoms with van der Waals surface area (Å²) in [6, 6.07) is 4.19. The number of aliphatic hydroxyl groups is 1. The molecule has 0 unspecified atom stereocenters. The van der Waals surface area contributed by atoms with Crippen LogP contribution in [0.25, 0.3) is 6.08 Å². The molecule has 1 aromatic rings. The summed E-state index contributed by atoms with van der Waals surface area (Å²) in [6.07, 6.45) is 3.32. The molecular weight excluding hydrogens is 238 g/mol. The maximum atomic E-state index is 11.7. The Bertz CT molecular complexity index is 502. The van der Waals surface area contributed by atoms with Gasteiger partial charge in [0.05, 0.1) is 12.1 Å². The van der Waals surface area contributed by atoms with E-state index in [0.717, 1.165) is 11.1 Å². The lowest BCUT2D eigenvalue weighted by Gasteiger charge is -2.22. The van der Waals surface area contributed by atoms with Crippen LogP contribution in [0.3, 0.4) is 0 Å². The van der Waals surface area contributed by atoms with Crippen molar-refractivity contribution in [1.29, 1.82) is 0 Å². The fourth-order valence-electron chi connectivity index (χ4n) is 1.74. The summed E-state index contributed by atoms with van der Waals surface area (Å²) >= 11 is 0. The van der Waals surface area contributed by atoms with E-state index in [-0.39, 0.29) is 12.5 Å². The van der Waals surface area contributed by atoms with Gasteiger partial charge in [0.25, 0.3) is 0 Å². The fourth-order valence-corrected chi connectivity index (χ4v) is 1.74. The van der Waals surface area contributed by atoms with Crippen molar-refractivity contribution < 1.29 is 9.90 Å². The zero-order chi connectivity index (χ0) is 14.6. The SMILES string of the molecule is Cc1cc(C)c(/C=C/C(=O)NC(C)(C)CO)cc1C. The zero-order valence-electron chi connectivity index (χ0n) is 12.4. The molecule has 2 N–H and O–H groups in total. The number of aliphatic hydroxyl groups excluding tert-OH is 1. The number of amides is 1. The van der Waals surface area contributed by atoms with Crippen LogP contribution in [0.4, 0.5) is 0 Å². The standard InChI is InChI=1S/C16H23NO2/c1-11-8-13(3)14(9-12(11)2)6-7-15(19)17-16(4,5)10-18/h6-9,18H,10H2,1-5H3,(H,17,19)/b7-6+. The summed E-state index contributed by atoms with van der Waals surface area (Å²) in [5, 5.41) is 11.8. The van der Waals surface area contributed by atoms with Crippen LogP contribution in [0.2, 0.25) is 0 Å². The summed E-state index contributed by atoms with van der Waals surface area (Å²) in [4.78, 5) is 11.7. The molecule has 0 aliphatic carbocycles. The van der Waals surface area contributed by atoms with Crippen molar-refractivity contribution >= 4 is 12.0 Å². The number of carbonyl (C=O) groups excluding carboxylic acids is 1. The van der Waals surface area contributed by atoms with E-state index in [1.807, 2.05) is 13.0 Å². The highest BCUT2D eigenvalue weighted by Crippen LogP contribution is 2.16. The molecule has 3 nitrogen and oxygen atoms in total. The first-order chi connectivity index (χ1) is 8.75. The van der Waals surface area contributed by atoms with Gasteiger partial charge in [0.2, 0.25) is 5.91 Å². The second kappa shape index (κ2) is 6.02. The monoisotopic (exact) mass is 261 g/mol.